The maximum atomic E-state index is 14.9. The van der Waals surface area contributed by atoms with E-state index in [4.69, 9.17) is 19.4 Å². The summed E-state index contributed by atoms with van der Waals surface area (Å²) in [5, 5.41) is 10.4. The lowest BCUT2D eigenvalue weighted by Crippen LogP contribution is -2.58. The molecule has 2 aromatic carbocycles. The number of benzene rings is 2. The first-order chi connectivity index (χ1) is 28.9. The van der Waals surface area contributed by atoms with Gasteiger partial charge in [-0.25, -0.2) is 18.7 Å². The number of aromatic nitrogens is 2. The lowest BCUT2D eigenvalue weighted by molar-refractivity contribution is -0.144. The maximum Gasteiger partial charge on any atom is 0.246 e. The number of ether oxygens (including phenoxy) is 2. The second-order valence-corrected chi connectivity index (χ2v) is 22.2. The van der Waals surface area contributed by atoms with Crippen LogP contribution in [0.5, 0.6) is 11.5 Å². The highest BCUT2D eigenvalue weighted by Crippen LogP contribution is 2.71. The number of methoxy groups -OCH3 is 1. The normalized spacial score (nSPS) is 21.6. The number of hydrogen-bond donors (Lipinski definition) is 4. The molecule has 13 nitrogen and oxygen atoms in total. The van der Waals surface area contributed by atoms with Crippen molar-refractivity contribution in [3.63, 3.8) is 0 Å². The Kier molecular flexibility index (Phi) is 13.3. The minimum atomic E-state index is -4.60. The first kappa shape index (κ1) is 46.6. The highest BCUT2D eigenvalue weighted by molar-refractivity contribution is 7.59. The van der Waals surface area contributed by atoms with E-state index >= 15 is 0 Å². The van der Waals surface area contributed by atoms with Crippen molar-refractivity contribution in [2.75, 3.05) is 19.0 Å². The van der Waals surface area contributed by atoms with Crippen LogP contribution in [-0.4, -0.2) is 80.6 Å². The first-order valence-electron chi connectivity index (χ1n) is 20.6. The van der Waals surface area contributed by atoms with E-state index in [-0.39, 0.29) is 43.2 Å². The van der Waals surface area contributed by atoms with Crippen LogP contribution in [0.4, 0.5) is 13.9 Å². The first-order valence-corrected chi connectivity index (χ1v) is 23.3. The Morgan fingerprint density at radius 1 is 1.08 bits per heavy atom. The van der Waals surface area contributed by atoms with Gasteiger partial charge >= 0.3 is 0 Å². The Balaban J connectivity index is 1.38. The molecule has 1 saturated carbocycles. The third-order valence-electron chi connectivity index (χ3n) is 11.1. The number of amides is 3. The van der Waals surface area contributed by atoms with Crippen LogP contribution in [-0.2, 0) is 25.1 Å². The van der Waals surface area contributed by atoms with E-state index in [1.807, 2.05) is 60.8 Å². The summed E-state index contributed by atoms with van der Waals surface area (Å²) in [6, 6.07) is 8.08. The molecule has 62 heavy (non-hydrogen) atoms. The zero-order valence-electron chi connectivity index (χ0n) is 36.7. The average Bonchev–Trinajstić information content (AvgIpc) is 3.46. The van der Waals surface area contributed by atoms with Gasteiger partial charge in [-0.15, -0.1) is 17.9 Å². The minimum absolute atomic E-state index is 0.0135. The minimum Gasteiger partial charge on any atom is -0.497 e. The number of pyridine rings is 1. The van der Waals surface area contributed by atoms with Gasteiger partial charge in [-0.1, -0.05) is 53.7 Å². The van der Waals surface area contributed by atoms with Crippen LogP contribution in [0.1, 0.15) is 80.2 Å². The molecule has 3 heterocycles. The SMILES string of the molecule is C=C[C@@H]1C[C@]1(NC(=O)[C@@H]1C[C@@H](Oc2cc(-c3csc(NC(C)C)n3)nc3cc(OC)ccc23)CN1C(=O)[C@@H](NC(=O)CC(C)(C)C)C(C)(C)C)P(=O)(O)Cc1c(F)cccc1F. The summed E-state index contributed by atoms with van der Waals surface area (Å²) in [6.07, 6.45) is -0.175. The van der Waals surface area contributed by atoms with E-state index in [1.165, 1.54) is 22.3 Å². The number of thiazole rings is 1. The van der Waals surface area contributed by atoms with Crippen LogP contribution in [0.3, 0.4) is 0 Å². The molecule has 4 N–H and O–H groups in total. The molecular formula is C45H57F2N6O7PS. The number of hydrogen-bond acceptors (Lipinski definition) is 10. The van der Waals surface area contributed by atoms with E-state index in [0.29, 0.717) is 38.9 Å². The molecule has 0 bridgehead atoms. The second kappa shape index (κ2) is 17.7. The Morgan fingerprint density at radius 3 is 2.37 bits per heavy atom. The molecule has 2 fully saturated rings. The third-order valence-corrected chi connectivity index (χ3v) is 14.5. The van der Waals surface area contributed by atoms with Crippen molar-refractivity contribution in [1.82, 2.24) is 25.5 Å². The number of carbonyl (C=O) groups is 3. The average molecular weight is 895 g/mol. The maximum absolute atomic E-state index is 14.9. The summed E-state index contributed by atoms with van der Waals surface area (Å²) in [7, 11) is -3.05. The smallest absolute Gasteiger partial charge is 0.246 e. The van der Waals surface area contributed by atoms with Crippen molar-refractivity contribution < 1.29 is 42.1 Å². The van der Waals surface area contributed by atoms with E-state index in [9.17, 15) is 32.6 Å². The van der Waals surface area contributed by atoms with Crippen LogP contribution in [0, 0.1) is 28.4 Å². The molecule has 334 valence electrons. The lowest BCUT2D eigenvalue weighted by atomic mass is 9.84. The van der Waals surface area contributed by atoms with Crippen LogP contribution in [0.25, 0.3) is 22.3 Å². The van der Waals surface area contributed by atoms with Gasteiger partial charge in [0.1, 0.15) is 52.3 Å². The second-order valence-electron chi connectivity index (χ2n) is 18.8. The summed E-state index contributed by atoms with van der Waals surface area (Å²) in [5.41, 5.74) is -0.0997. The number of likely N-dealkylation sites (tertiary alicyclic amines) is 1. The Hall–Kier alpha value is -4.92. The van der Waals surface area contributed by atoms with Crippen LogP contribution in [0.2, 0.25) is 0 Å². The molecule has 2 aliphatic rings. The van der Waals surface area contributed by atoms with Gasteiger partial charge in [0.2, 0.25) is 25.1 Å². The Bertz CT molecular complexity index is 2400. The van der Waals surface area contributed by atoms with Crippen molar-refractivity contribution >= 4 is 52.5 Å². The van der Waals surface area contributed by atoms with Crippen LogP contribution < -0.4 is 25.4 Å². The molecule has 6 atom stereocenters. The molecule has 1 saturated heterocycles. The van der Waals surface area contributed by atoms with Crippen molar-refractivity contribution in [3.8, 4) is 22.9 Å². The van der Waals surface area contributed by atoms with Gasteiger partial charge < -0.3 is 35.2 Å². The van der Waals surface area contributed by atoms with Gasteiger partial charge in [0.05, 0.1) is 31.0 Å². The molecule has 1 aliphatic carbocycles. The molecule has 0 radical (unpaired) electrons. The Morgan fingerprint density at radius 2 is 1.77 bits per heavy atom. The molecule has 3 amide bonds. The van der Waals surface area contributed by atoms with Crippen molar-refractivity contribution in [3.05, 3.63) is 77.7 Å². The summed E-state index contributed by atoms with van der Waals surface area (Å²) in [4.78, 5) is 65.5. The predicted octanol–water partition coefficient (Wildman–Crippen LogP) is 8.27. The predicted molar refractivity (Wildman–Crippen MR) is 237 cm³/mol. The molecule has 2 aromatic heterocycles. The Labute approximate surface area is 365 Å². The quantitative estimate of drug-likeness (QED) is 0.0673. The molecule has 6 rings (SSSR count). The van der Waals surface area contributed by atoms with E-state index in [2.05, 4.69) is 22.5 Å². The standard InChI is InChI=1S/C45H57F2N6O7PS/c1-11-26-20-45(26,61(57,58)23-30-31(46)13-12-14-32(30)47)52-40(55)36-18-28(22-53(36)41(56)39(44(7,8)9)51-38(54)21-43(4,5)6)60-37-19-34(35-24-62-42(50-35)48-25(2)3)49-33-17-27(59-10)15-16-29(33)37/h11-17,19,24-26,28,36,39H,1,18,20-23H2,2-10H3,(H,48,50)(H,51,54)(H,52,55)(H,57,58)/t26-,28-,36+,39-,45+/m1/s1. The summed E-state index contributed by atoms with van der Waals surface area (Å²) in [6.45, 7) is 18.9. The van der Waals surface area contributed by atoms with Crippen molar-refractivity contribution in [1.29, 1.82) is 0 Å². The van der Waals surface area contributed by atoms with Gasteiger partial charge in [-0.2, -0.15) is 0 Å². The summed E-state index contributed by atoms with van der Waals surface area (Å²) >= 11 is 1.43. The number of anilines is 1. The van der Waals surface area contributed by atoms with Gasteiger partial charge in [-0.3, -0.25) is 18.9 Å². The van der Waals surface area contributed by atoms with E-state index < -0.39 is 77.3 Å². The fourth-order valence-electron chi connectivity index (χ4n) is 7.82. The largest absolute Gasteiger partial charge is 0.497 e. The van der Waals surface area contributed by atoms with Gasteiger partial charge in [0.25, 0.3) is 0 Å². The highest BCUT2D eigenvalue weighted by Gasteiger charge is 2.66. The summed E-state index contributed by atoms with van der Waals surface area (Å²) < 4.78 is 56.1. The number of nitrogens with zero attached hydrogens (tertiary/aromatic N) is 3. The molecule has 4 aromatic rings. The molecule has 1 unspecified atom stereocenters. The topological polar surface area (TPSA) is 172 Å². The fraction of sp³-hybridized carbons (Fsp3) is 0.489. The zero-order valence-corrected chi connectivity index (χ0v) is 38.4. The molecule has 0 spiro atoms. The zero-order chi connectivity index (χ0) is 45.5. The molecule has 1 aliphatic heterocycles. The lowest BCUT2D eigenvalue weighted by Gasteiger charge is -2.36. The summed E-state index contributed by atoms with van der Waals surface area (Å²) in [5.74, 6) is -3.36. The highest BCUT2D eigenvalue weighted by atomic mass is 32.1. The number of nitrogens with one attached hydrogen (secondary N) is 3. The number of halogens is 2. The van der Waals surface area contributed by atoms with Gasteiger partial charge in [0.15, 0.2) is 5.13 Å². The number of rotatable bonds is 15. The monoisotopic (exact) mass is 894 g/mol. The van der Waals surface area contributed by atoms with Crippen molar-refractivity contribution in [2.45, 2.75) is 110 Å². The number of fused-ring (bicyclic) bond motifs is 1. The van der Waals surface area contributed by atoms with Gasteiger partial charge in [-0.05, 0) is 55.4 Å². The number of carbonyl (C=O) groups excluding carboxylic acids is 3. The van der Waals surface area contributed by atoms with Crippen molar-refractivity contribution in [2.24, 2.45) is 16.7 Å². The van der Waals surface area contributed by atoms with Gasteiger partial charge in [0, 0.05) is 53.3 Å². The van der Waals surface area contributed by atoms with E-state index in [0.717, 1.165) is 18.2 Å². The van der Waals surface area contributed by atoms with Crippen LogP contribution >= 0.6 is 18.7 Å². The third kappa shape index (κ3) is 10.1. The molecule has 17 heteroatoms. The fourth-order valence-corrected chi connectivity index (χ4v) is 11.1. The molecular weight excluding hydrogens is 838 g/mol. The van der Waals surface area contributed by atoms with E-state index in [1.54, 1.807) is 31.4 Å². The van der Waals surface area contributed by atoms with Crippen LogP contribution in [0.15, 0.2) is 60.5 Å².